The Morgan fingerprint density at radius 3 is 2.67 bits per heavy atom. The van der Waals surface area contributed by atoms with Gasteiger partial charge in [0, 0.05) is 0 Å². The highest BCUT2D eigenvalue weighted by Crippen LogP contribution is 2.28. The Balaban J connectivity index is 2.09. The van der Waals surface area contributed by atoms with Gasteiger partial charge in [-0.2, -0.15) is 0 Å². The molecule has 0 radical (unpaired) electrons. The number of carbonyl (C=O) groups excluding carboxylic acids is 1. The number of hydrogen-bond donors (Lipinski definition) is 1. The first kappa shape index (κ1) is 10.1. The van der Waals surface area contributed by atoms with Gasteiger partial charge >= 0.3 is 0 Å². The number of nitrogens with one attached hydrogen (secondary N) is 1. The zero-order valence-corrected chi connectivity index (χ0v) is 8.42. The summed E-state index contributed by atoms with van der Waals surface area (Å²) in [4.78, 5) is 11.7. The molecule has 3 nitrogen and oxygen atoms in total. The molecular weight excluding hydrogens is 197 g/mol. The van der Waals surface area contributed by atoms with Crippen LogP contribution in [0.2, 0.25) is 0 Å². The van der Waals surface area contributed by atoms with Gasteiger partial charge in [0.2, 0.25) is 5.91 Å². The number of rotatable bonds is 2. The Morgan fingerprint density at radius 1 is 1.47 bits per heavy atom. The summed E-state index contributed by atoms with van der Waals surface area (Å²) in [5, 5.41) is 2.56. The molecule has 0 spiro atoms. The molecule has 4 heteroatoms. The molecule has 1 aromatic carbocycles. The quantitative estimate of drug-likeness (QED) is 0.806. The van der Waals surface area contributed by atoms with Crippen molar-refractivity contribution in [3.63, 3.8) is 0 Å². The number of amides is 1. The molecule has 1 saturated heterocycles. The fourth-order valence-electron chi connectivity index (χ4n) is 1.38. The largest absolute Gasteiger partial charge is 0.379 e. The highest BCUT2D eigenvalue weighted by molar-refractivity contribution is 5.95. The predicted molar refractivity (Wildman–Crippen MR) is 54.0 cm³/mol. The van der Waals surface area contributed by atoms with Gasteiger partial charge in [0.1, 0.15) is 5.82 Å². The zero-order chi connectivity index (χ0) is 10.9. The van der Waals surface area contributed by atoms with Crippen LogP contribution in [0.1, 0.15) is 6.92 Å². The number of halogens is 1. The van der Waals surface area contributed by atoms with E-state index in [1.807, 2.05) is 0 Å². The molecule has 1 aromatic rings. The molecule has 1 N–H and O–H groups in total. The third kappa shape index (κ3) is 1.85. The lowest BCUT2D eigenvalue weighted by atomic mass is 9.87. The van der Waals surface area contributed by atoms with Crippen molar-refractivity contribution in [1.82, 2.24) is 0 Å². The molecule has 1 heterocycles. The van der Waals surface area contributed by atoms with Crippen molar-refractivity contribution in [2.75, 3.05) is 18.5 Å². The Morgan fingerprint density at radius 2 is 2.13 bits per heavy atom. The lowest BCUT2D eigenvalue weighted by molar-refractivity contribution is -0.151. The molecule has 1 aliphatic rings. The summed E-state index contributed by atoms with van der Waals surface area (Å²) in [7, 11) is 0. The Hall–Kier alpha value is -1.42. The first-order valence-corrected chi connectivity index (χ1v) is 4.75. The number of ether oxygens (including phenoxy) is 1. The van der Waals surface area contributed by atoms with E-state index in [1.54, 1.807) is 19.1 Å². The molecule has 80 valence electrons. The molecule has 1 fully saturated rings. The van der Waals surface area contributed by atoms with E-state index in [-0.39, 0.29) is 11.6 Å². The van der Waals surface area contributed by atoms with Crippen molar-refractivity contribution in [3.05, 3.63) is 30.1 Å². The van der Waals surface area contributed by atoms with Gasteiger partial charge in [-0.05, 0) is 19.1 Å². The number of para-hydroxylation sites is 1. The van der Waals surface area contributed by atoms with Crippen LogP contribution < -0.4 is 5.32 Å². The van der Waals surface area contributed by atoms with Crippen molar-refractivity contribution in [2.45, 2.75) is 6.92 Å². The summed E-state index contributed by atoms with van der Waals surface area (Å²) < 4.78 is 18.2. The van der Waals surface area contributed by atoms with Gasteiger partial charge in [-0.1, -0.05) is 12.1 Å². The minimum Gasteiger partial charge on any atom is -0.379 e. The maximum Gasteiger partial charge on any atom is 0.235 e. The molecule has 0 saturated carbocycles. The van der Waals surface area contributed by atoms with E-state index in [0.717, 1.165) is 0 Å². The minimum atomic E-state index is -0.512. The Kier molecular flexibility index (Phi) is 2.44. The third-order valence-corrected chi connectivity index (χ3v) is 2.51. The van der Waals surface area contributed by atoms with Gasteiger partial charge in [-0.3, -0.25) is 4.79 Å². The van der Waals surface area contributed by atoms with Crippen LogP contribution in [0.4, 0.5) is 10.1 Å². The van der Waals surface area contributed by atoms with Crippen LogP contribution in [0, 0.1) is 11.2 Å². The number of hydrogen-bond acceptors (Lipinski definition) is 2. The maximum atomic E-state index is 13.2. The zero-order valence-electron chi connectivity index (χ0n) is 8.42. The standard InChI is InChI=1S/C11H12FNO2/c1-11(6-15-7-11)10(14)13-9-5-3-2-4-8(9)12/h2-5H,6-7H2,1H3,(H,13,14). The summed E-state index contributed by atoms with van der Waals surface area (Å²) in [5.41, 5.74) is -0.293. The number of anilines is 1. The molecular formula is C11H12FNO2. The summed E-state index contributed by atoms with van der Waals surface area (Å²) in [5.74, 6) is -0.617. The molecule has 0 aromatic heterocycles. The monoisotopic (exact) mass is 209 g/mol. The smallest absolute Gasteiger partial charge is 0.235 e. The van der Waals surface area contributed by atoms with Crippen LogP contribution in [0.15, 0.2) is 24.3 Å². The molecule has 0 unspecified atom stereocenters. The van der Waals surface area contributed by atoms with Crippen LogP contribution in [0.5, 0.6) is 0 Å². The van der Waals surface area contributed by atoms with Crippen molar-refractivity contribution in [1.29, 1.82) is 0 Å². The fraction of sp³-hybridized carbons (Fsp3) is 0.364. The van der Waals surface area contributed by atoms with Gasteiger partial charge < -0.3 is 10.1 Å². The summed E-state index contributed by atoms with van der Waals surface area (Å²) >= 11 is 0. The van der Waals surface area contributed by atoms with Crippen molar-refractivity contribution in [3.8, 4) is 0 Å². The Bertz CT molecular complexity index is 388. The van der Waals surface area contributed by atoms with Crippen molar-refractivity contribution in [2.24, 2.45) is 5.41 Å². The SMILES string of the molecule is CC1(C(=O)Nc2ccccc2F)COC1. The fourth-order valence-corrected chi connectivity index (χ4v) is 1.38. The molecule has 0 aliphatic carbocycles. The average Bonchev–Trinajstić information content (AvgIpc) is 2.18. The van der Waals surface area contributed by atoms with E-state index >= 15 is 0 Å². The van der Waals surface area contributed by atoms with Gasteiger partial charge in [0.15, 0.2) is 0 Å². The first-order valence-electron chi connectivity index (χ1n) is 4.75. The van der Waals surface area contributed by atoms with Gasteiger partial charge in [0.05, 0.1) is 24.3 Å². The maximum absolute atomic E-state index is 13.2. The van der Waals surface area contributed by atoms with E-state index in [0.29, 0.717) is 13.2 Å². The second-order valence-electron chi connectivity index (χ2n) is 3.99. The van der Waals surface area contributed by atoms with Crippen molar-refractivity contribution >= 4 is 11.6 Å². The number of benzene rings is 1. The minimum absolute atomic E-state index is 0.196. The predicted octanol–water partition coefficient (Wildman–Crippen LogP) is 1.80. The van der Waals surface area contributed by atoms with E-state index < -0.39 is 11.2 Å². The molecule has 1 amide bonds. The van der Waals surface area contributed by atoms with Gasteiger partial charge in [-0.15, -0.1) is 0 Å². The van der Waals surface area contributed by atoms with E-state index in [9.17, 15) is 9.18 Å². The second-order valence-corrected chi connectivity index (χ2v) is 3.99. The Labute approximate surface area is 87.2 Å². The molecule has 0 atom stereocenters. The van der Waals surface area contributed by atoms with Crippen LogP contribution >= 0.6 is 0 Å². The van der Waals surface area contributed by atoms with Gasteiger partial charge in [-0.25, -0.2) is 4.39 Å². The summed E-state index contributed by atoms with van der Waals surface area (Å²) in [6.45, 7) is 2.59. The molecule has 15 heavy (non-hydrogen) atoms. The lowest BCUT2D eigenvalue weighted by Gasteiger charge is -2.36. The second kappa shape index (κ2) is 3.62. The number of carbonyl (C=O) groups is 1. The highest BCUT2D eigenvalue weighted by Gasteiger charge is 2.41. The van der Waals surface area contributed by atoms with E-state index in [1.165, 1.54) is 12.1 Å². The van der Waals surface area contributed by atoms with Crippen molar-refractivity contribution < 1.29 is 13.9 Å². The summed E-state index contributed by atoms with van der Waals surface area (Å²) in [6, 6.07) is 6.11. The highest BCUT2D eigenvalue weighted by atomic mass is 19.1. The lowest BCUT2D eigenvalue weighted by Crippen LogP contribution is -2.49. The van der Waals surface area contributed by atoms with Crippen LogP contribution in [-0.4, -0.2) is 19.1 Å². The molecule has 2 rings (SSSR count). The van der Waals surface area contributed by atoms with E-state index in [2.05, 4.69) is 5.32 Å². The topological polar surface area (TPSA) is 38.3 Å². The molecule has 0 bridgehead atoms. The third-order valence-electron chi connectivity index (χ3n) is 2.51. The van der Waals surface area contributed by atoms with Gasteiger partial charge in [0.25, 0.3) is 0 Å². The summed E-state index contributed by atoms with van der Waals surface area (Å²) in [6.07, 6.45) is 0. The van der Waals surface area contributed by atoms with E-state index in [4.69, 9.17) is 4.74 Å². The average molecular weight is 209 g/mol. The molecule has 1 aliphatic heterocycles. The van der Waals surface area contributed by atoms with Crippen LogP contribution in [-0.2, 0) is 9.53 Å². The first-order chi connectivity index (χ1) is 7.12. The van der Waals surface area contributed by atoms with Crippen LogP contribution in [0.25, 0.3) is 0 Å². The van der Waals surface area contributed by atoms with Crippen LogP contribution in [0.3, 0.4) is 0 Å². The normalized spacial score (nSPS) is 18.0.